The Kier molecular flexibility index (Phi) is 4.56. The molecule has 3 aromatic rings. The third-order valence-electron chi connectivity index (χ3n) is 3.70. The van der Waals surface area contributed by atoms with Crippen LogP contribution in [0.5, 0.6) is 0 Å². The van der Waals surface area contributed by atoms with Crippen molar-refractivity contribution in [3.8, 4) is 11.3 Å². The topological polar surface area (TPSA) is 79.8 Å². The molecule has 0 aliphatic carbocycles. The number of carbonyl (C=O) groups excluding carboxylic acids is 1. The van der Waals surface area contributed by atoms with Gasteiger partial charge in [-0.15, -0.1) is 0 Å². The van der Waals surface area contributed by atoms with Crippen LogP contribution in [0.3, 0.4) is 0 Å². The van der Waals surface area contributed by atoms with E-state index in [1.807, 2.05) is 43.5 Å². The number of nitrogens with one attached hydrogen (secondary N) is 2. The van der Waals surface area contributed by atoms with Crippen molar-refractivity contribution < 1.29 is 4.79 Å². The van der Waals surface area contributed by atoms with Crippen LogP contribution < -0.4 is 10.9 Å². The predicted molar refractivity (Wildman–Crippen MR) is 91.6 cm³/mol. The Morgan fingerprint density at radius 2 is 2.00 bits per heavy atom. The van der Waals surface area contributed by atoms with Crippen LogP contribution in [0.4, 0.5) is 0 Å². The number of carbonyl (C=O) groups is 1. The van der Waals surface area contributed by atoms with E-state index in [2.05, 4.69) is 15.4 Å². The van der Waals surface area contributed by atoms with E-state index in [-0.39, 0.29) is 5.56 Å². The van der Waals surface area contributed by atoms with Crippen LogP contribution in [-0.2, 0) is 13.1 Å². The lowest BCUT2D eigenvalue weighted by atomic mass is 10.1. The van der Waals surface area contributed by atoms with E-state index in [1.165, 1.54) is 0 Å². The Balaban J connectivity index is 1.72. The van der Waals surface area contributed by atoms with Gasteiger partial charge in [-0.05, 0) is 24.6 Å². The van der Waals surface area contributed by atoms with Crippen molar-refractivity contribution in [2.45, 2.75) is 20.0 Å². The fourth-order valence-electron chi connectivity index (χ4n) is 2.39. The molecule has 0 aliphatic rings. The molecule has 0 fully saturated rings. The SMILES string of the molecule is CCn1cc(CNC(=O)c2ccc(-c3ccccc3)[nH]c2=O)cn1. The number of hydrogen-bond donors (Lipinski definition) is 2. The molecule has 2 N–H and O–H groups in total. The molecule has 0 aliphatic heterocycles. The number of amides is 1. The third-order valence-corrected chi connectivity index (χ3v) is 3.70. The molecule has 0 radical (unpaired) electrons. The zero-order valence-corrected chi connectivity index (χ0v) is 13.3. The van der Waals surface area contributed by atoms with Crippen LogP contribution in [0, 0.1) is 0 Å². The van der Waals surface area contributed by atoms with E-state index in [0.717, 1.165) is 17.7 Å². The van der Waals surface area contributed by atoms with Gasteiger partial charge in [0.05, 0.1) is 6.20 Å². The summed E-state index contributed by atoms with van der Waals surface area (Å²) < 4.78 is 1.78. The highest BCUT2D eigenvalue weighted by molar-refractivity contribution is 5.94. The molecule has 0 saturated heterocycles. The molecular formula is C18H18N4O2. The summed E-state index contributed by atoms with van der Waals surface area (Å²) in [6.45, 7) is 3.09. The average Bonchev–Trinajstić information content (AvgIpc) is 3.08. The molecule has 1 amide bonds. The normalized spacial score (nSPS) is 10.5. The predicted octanol–water partition coefficient (Wildman–Crippen LogP) is 2.19. The van der Waals surface area contributed by atoms with Gasteiger partial charge in [-0.3, -0.25) is 14.3 Å². The van der Waals surface area contributed by atoms with Crippen molar-refractivity contribution in [1.29, 1.82) is 0 Å². The number of aromatic amines is 1. The van der Waals surface area contributed by atoms with Crippen LogP contribution in [0.15, 0.2) is 59.7 Å². The molecule has 3 rings (SSSR count). The average molecular weight is 322 g/mol. The van der Waals surface area contributed by atoms with Crippen molar-refractivity contribution in [2.24, 2.45) is 0 Å². The summed E-state index contributed by atoms with van der Waals surface area (Å²) in [5, 5.41) is 6.89. The van der Waals surface area contributed by atoms with E-state index in [9.17, 15) is 9.59 Å². The van der Waals surface area contributed by atoms with Crippen LogP contribution in [0.25, 0.3) is 11.3 Å². The third kappa shape index (κ3) is 3.43. The summed E-state index contributed by atoms with van der Waals surface area (Å²) >= 11 is 0. The second kappa shape index (κ2) is 6.95. The molecule has 0 atom stereocenters. The molecule has 0 spiro atoms. The summed E-state index contributed by atoms with van der Waals surface area (Å²) in [6.07, 6.45) is 3.57. The second-order valence-corrected chi connectivity index (χ2v) is 5.37. The summed E-state index contributed by atoms with van der Waals surface area (Å²) in [7, 11) is 0. The Labute approximate surface area is 139 Å². The van der Waals surface area contributed by atoms with Crippen LogP contribution in [0.2, 0.25) is 0 Å². The van der Waals surface area contributed by atoms with E-state index in [1.54, 1.807) is 23.0 Å². The molecule has 6 nitrogen and oxygen atoms in total. The lowest BCUT2D eigenvalue weighted by Gasteiger charge is -2.05. The van der Waals surface area contributed by atoms with Crippen molar-refractivity contribution >= 4 is 5.91 Å². The number of aromatic nitrogens is 3. The number of aryl methyl sites for hydroxylation is 1. The van der Waals surface area contributed by atoms with Gasteiger partial charge in [-0.2, -0.15) is 5.10 Å². The molecule has 2 aromatic heterocycles. The highest BCUT2D eigenvalue weighted by atomic mass is 16.2. The Morgan fingerprint density at radius 3 is 2.67 bits per heavy atom. The van der Waals surface area contributed by atoms with Gasteiger partial charge in [0.2, 0.25) is 0 Å². The summed E-state index contributed by atoms with van der Waals surface area (Å²) in [4.78, 5) is 27.1. The minimum Gasteiger partial charge on any atom is -0.348 e. The monoisotopic (exact) mass is 322 g/mol. The fourth-order valence-corrected chi connectivity index (χ4v) is 2.39. The van der Waals surface area contributed by atoms with Crippen molar-refractivity contribution in [3.05, 3.63) is 76.3 Å². The van der Waals surface area contributed by atoms with Gasteiger partial charge in [-0.1, -0.05) is 30.3 Å². The summed E-state index contributed by atoms with van der Waals surface area (Å²) in [5.74, 6) is -0.403. The molecule has 0 bridgehead atoms. The second-order valence-electron chi connectivity index (χ2n) is 5.37. The van der Waals surface area contributed by atoms with Gasteiger partial charge in [-0.25, -0.2) is 0 Å². The van der Waals surface area contributed by atoms with E-state index >= 15 is 0 Å². The summed E-state index contributed by atoms with van der Waals surface area (Å²) in [5.41, 5.74) is 2.16. The highest BCUT2D eigenvalue weighted by Gasteiger charge is 2.11. The van der Waals surface area contributed by atoms with E-state index in [4.69, 9.17) is 0 Å². The van der Waals surface area contributed by atoms with Crippen molar-refractivity contribution in [2.75, 3.05) is 0 Å². The smallest absolute Gasteiger partial charge is 0.261 e. The Bertz CT molecular complexity index is 897. The maximum Gasteiger partial charge on any atom is 0.261 e. The number of H-pyrrole nitrogens is 1. The van der Waals surface area contributed by atoms with Gasteiger partial charge >= 0.3 is 0 Å². The zero-order chi connectivity index (χ0) is 16.9. The molecule has 122 valence electrons. The minimum absolute atomic E-state index is 0.0950. The molecule has 0 unspecified atom stereocenters. The maximum absolute atomic E-state index is 12.2. The first kappa shape index (κ1) is 15.7. The first-order valence-corrected chi connectivity index (χ1v) is 7.75. The summed E-state index contributed by atoms with van der Waals surface area (Å²) in [6, 6.07) is 12.8. The minimum atomic E-state index is -0.405. The van der Waals surface area contributed by atoms with Crippen LogP contribution in [-0.4, -0.2) is 20.7 Å². The Morgan fingerprint density at radius 1 is 1.21 bits per heavy atom. The lowest BCUT2D eigenvalue weighted by Crippen LogP contribution is -2.29. The van der Waals surface area contributed by atoms with E-state index in [0.29, 0.717) is 12.2 Å². The van der Waals surface area contributed by atoms with Gasteiger partial charge in [0.15, 0.2) is 0 Å². The largest absolute Gasteiger partial charge is 0.348 e. The standard InChI is InChI=1S/C18H18N4O2/c1-2-22-12-13(11-20-22)10-19-17(23)15-8-9-16(21-18(15)24)14-6-4-3-5-7-14/h3-9,11-12H,2,10H2,1H3,(H,19,23)(H,21,24). The van der Waals surface area contributed by atoms with Crippen LogP contribution >= 0.6 is 0 Å². The van der Waals surface area contributed by atoms with Gasteiger partial charge in [0.1, 0.15) is 5.56 Å². The lowest BCUT2D eigenvalue weighted by molar-refractivity contribution is 0.0949. The maximum atomic E-state index is 12.2. The van der Waals surface area contributed by atoms with Crippen LogP contribution in [0.1, 0.15) is 22.8 Å². The molecule has 6 heteroatoms. The number of pyridine rings is 1. The number of nitrogens with zero attached hydrogens (tertiary/aromatic N) is 2. The number of rotatable bonds is 5. The number of benzene rings is 1. The van der Waals surface area contributed by atoms with Crippen molar-refractivity contribution in [1.82, 2.24) is 20.1 Å². The first-order valence-electron chi connectivity index (χ1n) is 7.75. The first-order chi connectivity index (χ1) is 11.7. The number of hydrogen-bond acceptors (Lipinski definition) is 3. The highest BCUT2D eigenvalue weighted by Crippen LogP contribution is 2.14. The fraction of sp³-hybridized carbons (Fsp3) is 0.167. The molecule has 24 heavy (non-hydrogen) atoms. The molecule has 2 heterocycles. The van der Waals surface area contributed by atoms with Gasteiger partial charge in [0, 0.05) is 30.5 Å². The molecular weight excluding hydrogens is 304 g/mol. The van der Waals surface area contributed by atoms with Gasteiger partial charge in [0.25, 0.3) is 11.5 Å². The molecule has 1 aromatic carbocycles. The zero-order valence-electron chi connectivity index (χ0n) is 13.3. The molecule has 0 saturated carbocycles. The van der Waals surface area contributed by atoms with Gasteiger partial charge < -0.3 is 10.3 Å². The quantitative estimate of drug-likeness (QED) is 0.755. The van der Waals surface area contributed by atoms with E-state index < -0.39 is 11.5 Å². The van der Waals surface area contributed by atoms with Crippen molar-refractivity contribution in [3.63, 3.8) is 0 Å². The Hall–Kier alpha value is -3.15.